The molecule has 68 valence electrons. The number of fused-ring (bicyclic) bond motifs is 1. The Balaban J connectivity index is 2.63. The van der Waals surface area contributed by atoms with Gasteiger partial charge in [-0.05, 0) is 0 Å². The first-order chi connectivity index (χ1) is 6.07. The van der Waals surface area contributed by atoms with Crippen LogP contribution in [-0.2, 0) is 5.41 Å². The lowest BCUT2D eigenvalue weighted by molar-refractivity contribution is 0.587. The fourth-order valence-corrected chi connectivity index (χ4v) is 1.98. The molecule has 0 bridgehead atoms. The van der Waals surface area contributed by atoms with Crippen LogP contribution in [0.1, 0.15) is 25.8 Å². The van der Waals surface area contributed by atoms with Crippen molar-refractivity contribution in [3.05, 3.63) is 17.4 Å². The first-order valence-corrected chi connectivity index (χ1v) is 4.97. The summed E-state index contributed by atoms with van der Waals surface area (Å²) in [6.45, 7) is 6.47. The number of hydrogen-bond acceptors (Lipinski definition) is 4. The van der Waals surface area contributed by atoms with E-state index in [2.05, 4.69) is 36.0 Å². The fourth-order valence-electron chi connectivity index (χ4n) is 1.02. The zero-order chi connectivity index (χ0) is 9.47. The molecule has 0 aromatic carbocycles. The van der Waals surface area contributed by atoms with Gasteiger partial charge < -0.3 is 0 Å². The molecule has 0 unspecified atom stereocenters. The monoisotopic (exact) mass is 193 g/mol. The van der Waals surface area contributed by atoms with Gasteiger partial charge in [0.05, 0.1) is 22.1 Å². The minimum atomic E-state index is 0.115. The van der Waals surface area contributed by atoms with Crippen LogP contribution in [0.4, 0.5) is 0 Å². The van der Waals surface area contributed by atoms with Crippen molar-refractivity contribution in [1.29, 1.82) is 0 Å². The van der Waals surface area contributed by atoms with Crippen LogP contribution in [0.3, 0.4) is 0 Å². The molecule has 0 saturated carbocycles. The van der Waals surface area contributed by atoms with Gasteiger partial charge in [-0.3, -0.25) is 0 Å². The third-order valence-electron chi connectivity index (χ3n) is 1.74. The van der Waals surface area contributed by atoms with Crippen LogP contribution in [0.2, 0.25) is 0 Å². The van der Waals surface area contributed by atoms with E-state index in [-0.39, 0.29) is 5.41 Å². The Kier molecular flexibility index (Phi) is 1.80. The van der Waals surface area contributed by atoms with Crippen LogP contribution in [0.5, 0.6) is 0 Å². The van der Waals surface area contributed by atoms with E-state index in [4.69, 9.17) is 0 Å². The Morgan fingerprint density at radius 3 is 2.46 bits per heavy atom. The summed E-state index contributed by atoms with van der Waals surface area (Å²) in [6.07, 6.45) is 3.48. The van der Waals surface area contributed by atoms with Gasteiger partial charge >= 0.3 is 0 Å². The molecular formula is C9H11N3S. The Morgan fingerprint density at radius 1 is 1.15 bits per heavy atom. The maximum Gasteiger partial charge on any atom is 0.103 e. The Labute approximate surface area is 80.8 Å². The third-order valence-corrected chi connectivity index (χ3v) is 3.18. The number of thiazole rings is 1. The van der Waals surface area contributed by atoms with Crippen LogP contribution in [0, 0.1) is 0 Å². The molecule has 0 N–H and O–H groups in total. The molecule has 2 heterocycles. The van der Waals surface area contributed by atoms with Crippen molar-refractivity contribution in [2.45, 2.75) is 26.2 Å². The van der Waals surface area contributed by atoms with Gasteiger partial charge in [0.2, 0.25) is 0 Å². The van der Waals surface area contributed by atoms with E-state index >= 15 is 0 Å². The quantitative estimate of drug-likeness (QED) is 0.644. The molecule has 2 aromatic heterocycles. The molecule has 0 spiro atoms. The van der Waals surface area contributed by atoms with E-state index < -0.39 is 0 Å². The molecule has 0 aliphatic rings. The summed E-state index contributed by atoms with van der Waals surface area (Å²) in [5.41, 5.74) is 1.06. The molecule has 13 heavy (non-hydrogen) atoms. The molecule has 0 amide bonds. The zero-order valence-corrected chi connectivity index (χ0v) is 8.72. The predicted molar refractivity (Wildman–Crippen MR) is 53.9 cm³/mol. The van der Waals surface area contributed by atoms with Crippen LogP contribution in [0.25, 0.3) is 10.2 Å². The van der Waals surface area contributed by atoms with Gasteiger partial charge in [-0.25, -0.2) is 4.98 Å². The second-order valence-corrected chi connectivity index (χ2v) is 5.04. The smallest absolute Gasteiger partial charge is 0.103 e. The van der Waals surface area contributed by atoms with Gasteiger partial charge in [0, 0.05) is 5.41 Å². The normalized spacial score (nSPS) is 12.2. The lowest BCUT2D eigenvalue weighted by Crippen LogP contribution is -2.09. The van der Waals surface area contributed by atoms with Crippen LogP contribution >= 0.6 is 11.3 Å². The van der Waals surface area contributed by atoms with Crippen LogP contribution in [-0.4, -0.2) is 15.2 Å². The van der Waals surface area contributed by atoms with Gasteiger partial charge in [-0.2, -0.15) is 10.2 Å². The lowest BCUT2D eigenvalue weighted by Gasteiger charge is -2.13. The molecule has 0 aliphatic carbocycles. The Hall–Kier alpha value is -1.03. The molecule has 4 heteroatoms. The van der Waals surface area contributed by atoms with Crippen molar-refractivity contribution in [2.75, 3.05) is 0 Å². The minimum absolute atomic E-state index is 0.115. The number of hydrogen-bond donors (Lipinski definition) is 0. The maximum absolute atomic E-state index is 4.50. The van der Waals surface area contributed by atoms with Crippen molar-refractivity contribution in [2.24, 2.45) is 0 Å². The van der Waals surface area contributed by atoms with E-state index in [1.165, 1.54) is 0 Å². The molecule has 2 aromatic rings. The highest BCUT2D eigenvalue weighted by Gasteiger charge is 2.18. The van der Waals surface area contributed by atoms with Gasteiger partial charge in [-0.1, -0.05) is 20.8 Å². The highest BCUT2D eigenvalue weighted by molar-refractivity contribution is 7.18. The largest absolute Gasteiger partial charge is 0.239 e. The average molecular weight is 193 g/mol. The summed E-state index contributed by atoms with van der Waals surface area (Å²) in [5.74, 6) is 0. The Bertz CT molecular complexity index is 395. The first-order valence-electron chi connectivity index (χ1n) is 4.15. The van der Waals surface area contributed by atoms with Gasteiger partial charge in [0.15, 0.2) is 0 Å². The summed E-state index contributed by atoms with van der Waals surface area (Å²) < 4.78 is 1.11. The number of aromatic nitrogens is 3. The van der Waals surface area contributed by atoms with Crippen molar-refractivity contribution < 1.29 is 0 Å². The van der Waals surface area contributed by atoms with Gasteiger partial charge in [0.1, 0.15) is 5.52 Å². The minimum Gasteiger partial charge on any atom is -0.239 e. The molecule has 0 fully saturated rings. The van der Waals surface area contributed by atoms with Gasteiger partial charge in [0.25, 0.3) is 0 Å². The van der Waals surface area contributed by atoms with Gasteiger partial charge in [-0.15, -0.1) is 11.3 Å². The highest BCUT2D eigenvalue weighted by Crippen LogP contribution is 2.29. The molecule has 2 rings (SSSR count). The summed E-state index contributed by atoms with van der Waals surface area (Å²) in [6, 6.07) is 0. The highest BCUT2D eigenvalue weighted by atomic mass is 32.1. The van der Waals surface area contributed by atoms with Crippen molar-refractivity contribution in [3.8, 4) is 0 Å². The maximum atomic E-state index is 4.50. The summed E-state index contributed by atoms with van der Waals surface area (Å²) in [7, 11) is 0. The van der Waals surface area contributed by atoms with Crippen molar-refractivity contribution in [3.63, 3.8) is 0 Å². The molecule has 3 nitrogen and oxygen atoms in total. The van der Waals surface area contributed by atoms with Crippen molar-refractivity contribution >= 4 is 21.6 Å². The van der Waals surface area contributed by atoms with E-state index in [1.54, 1.807) is 23.7 Å². The molecule has 0 aliphatic heterocycles. The summed E-state index contributed by atoms with van der Waals surface area (Å²) in [4.78, 5) is 4.50. The second-order valence-electron chi connectivity index (χ2n) is 4.01. The molecular weight excluding hydrogens is 182 g/mol. The molecule has 0 atom stereocenters. The summed E-state index contributed by atoms with van der Waals surface area (Å²) >= 11 is 1.69. The summed E-state index contributed by atoms with van der Waals surface area (Å²) in [5, 5.41) is 8.77. The van der Waals surface area contributed by atoms with Crippen molar-refractivity contribution in [1.82, 2.24) is 15.2 Å². The van der Waals surface area contributed by atoms with E-state index in [9.17, 15) is 0 Å². The fraction of sp³-hybridized carbons (Fsp3) is 0.444. The van der Waals surface area contributed by atoms with Crippen LogP contribution in [0.15, 0.2) is 12.4 Å². The Morgan fingerprint density at radius 2 is 1.85 bits per heavy atom. The molecule has 0 radical (unpaired) electrons. The predicted octanol–water partition coefficient (Wildman–Crippen LogP) is 2.38. The standard InChI is InChI=1S/C9H11N3S/c1-9(2,3)8-12-6-4-10-11-5-7(6)13-8/h4-5H,1-3H3. The van der Waals surface area contributed by atoms with E-state index in [1.807, 2.05) is 0 Å². The van der Waals surface area contributed by atoms with Crippen LogP contribution < -0.4 is 0 Å². The number of rotatable bonds is 0. The first kappa shape index (κ1) is 8.56. The topological polar surface area (TPSA) is 38.7 Å². The second kappa shape index (κ2) is 2.73. The SMILES string of the molecule is CC(C)(C)c1nc2cnncc2s1. The number of nitrogens with zero attached hydrogens (tertiary/aromatic N) is 3. The molecule has 0 saturated heterocycles. The van der Waals surface area contributed by atoms with E-state index in [0.717, 1.165) is 15.2 Å². The van der Waals surface area contributed by atoms with E-state index in [0.29, 0.717) is 0 Å². The lowest BCUT2D eigenvalue weighted by atomic mass is 9.98. The third kappa shape index (κ3) is 1.54. The average Bonchev–Trinajstić information content (AvgIpc) is 2.45. The zero-order valence-electron chi connectivity index (χ0n) is 7.90.